The number of nitro groups is 1. The van der Waals surface area contributed by atoms with Gasteiger partial charge in [-0.25, -0.2) is 0 Å². The molecular weight excluding hydrogens is 372 g/mol. The van der Waals surface area contributed by atoms with Crippen molar-refractivity contribution in [3.05, 3.63) is 75.5 Å². The Morgan fingerprint density at radius 1 is 1.14 bits per heavy atom. The lowest BCUT2D eigenvalue weighted by atomic mass is 10.0. The average molecular weight is 399 g/mol. The highest BCUT2D eigenvalue weighted by molar-refractivity contribution is 7.98. The van der Waals surface area contributed by atoms with E-state index in [-0.39, 0.29) is 10.6 Å². The van der Waals surface area contributed by atoms with Crippen molar-refractivity contribution in [2.45, 2.75) is 25.9 Å². The van der Waals surface area contributed by atoms with Gasteiger partial charge in [-0.2, -0.15) is 11.8 Å². The quantitative estimate of drug-likeness (QED) is 0.311. The summed E-state index contributed by atoms with van der Waals surface area (Å²) in [5, 5.41) is 11.4. The van der Waals surface area contributed by atoms with Crippen LogP contribution in [0.5, 0.6) is 5.75 Å². The topological polar surface area (TPSA) is 55.6 Å². The molecule has 0 radical (unpaired) electrons. The molecule has 2 aromatic rings. The van der Waals surface area contributed by atoms with Crippen LogP contribution in [0.2, 0.25) is 0 Å². The van der Waals surface area contributed by atoms with Crippen LogP contribution in [-0.2, 0) is 6.61 Å². The van der Waals surface area contributed by atoms with Crippen LogP contribution < -0.4 is 9.64 Å². The van der Waals surface area contributed by atoms with Crippen LogP contribution in [0, 0.1) is 10.1 Å². The number of hydrogen-bond acceptors (Lipinski definition) is 5. The molecule has 5 nitrogen and oxygen atoms in total. The number of ether oxygens (including phenoxy) is 1. The van der Waals surface area contributed by atoms with E-state index in [0.717, 1.165) is 42.0 Å². The maximum atomic E-state index is 11.4. The van der Waals surface area contributed by atoms with E-state index in [1.54, 1.807) is 6.08 Å². The van der Waals surface area contributed by atoms with Crippen LogP contribution in [0.15, 0.2) is 54.2 Å². The second-order valence-electron chi connectivity index (χ2n) is 6.86. The molecular formula is C22H26N2O3S. The number of rotatable bonds is 10. The van der Waals surface area contributed by atoms with Crippen molar-refractivity contribution in [3.8, 4) is 5.75 Å². The predicted molar refractivity (Wildman–Crippen MR) is 117 cm³/mol. The van der Waals surface area contributed by atoms with Gasteiger partial charge in [0.15, 0.2) is 0 Å². The van der Waals surface area contributed by atoms with Crippen molar-refractivity contribution in [1.29, 1.82) is 0 Å². The van der Waals surface area contributed by atoms with Crippen molar-refractivity contribution in [2.75, 3.05) is 30.0 Å². The van der Waals surface area contributed by atoms with Crippen LogP contribution in [0.25, 0.3) is 6.08 Å². The van der Waals surface area contributed by atoms with Crippen molar-refractivity contribution in [3.63, 3.8) is 0 Å². The Morgan fingerprint density at radius 2 is 1.96 bits per heavy atom. The van der Waals surface area contributed by atoms with E-state index in [1.165, 1.54) is 12.2 Å². The van der Waals surface area contributed by atoms with Crippen LogP contribution in [-0.4, -0.2) is 30.0 Å². The van der Waals surface area contributed by atoms with Gasteiger partial charge in [0.1, 0.15) is 18.9 Å². The minimum Gasteiger partial charge on any atom is -0.489 e. The van der Waals surface area contributed by atoms with E-state index in [0.29, 0.717) is 13.2 Å². The van der Waals surface area contributed by atoms with Gasteiger partial charge in [0, 0.05) is 23.9 Å². The summed E-state index contributed by atoms with van der Waals surface area (Å²) >= 11 is 1.86. The zero-order chi connectivity index (χ0) is 19.8. The molecule has 1 heterocycles. The summed E-state index contributed by atoms with van der Waals surface area (Å²) in [6, 6.07) is 15.8. The zero-order valence-corrected chi connectivity index (χ0v) is 17.0. The van der Waals surface area contributed by atoms with E-state index in [2.05, 4.69) is 11.2 Å². The first-order valence-corrected chi connectivity index (χ1v) is 11.0. The maximum Gasteiger partial charge on any atom is 0.266 e. The fourth-order valence-corrected chi connectivity index (χ4v) is 3.80. The number of anilines is 1. The van der Waals surface area contributed by atoms with Crippen molar-refractivity contribution >= 4 is 23.5 Å². The summed E-state index contributed by atoms with van der Waals surface area (Å²) < 4.78 is 5.89. The summed E-state index contributed by atoms with van der Waals surface area (Å²) in [5.41, 5.74) is 3.22. The van der Waals surface area contributed by atoms with E-state index in [9.17, 15) is 10.1 Å². The highest BCUT2D eigenvalue weighted by Gasteiger charge is 2.24. The van der Waals surface area contributed by atoms with Gasteiger partial charge in [0.2, 0.25) is 0 Å². The van der Waals surface area contributed by atoms with Gasteiger partial charge in [-0.3, -0.25) is 10.1 Å². The third-order valence-corrected chi connectivity index (χ3v) is 5.47. The number of benzene rings is 2. The molecule has 28 heavy (non-hydrogen) atoms. The molecule has 0 bridgehead atoms. The Kier molecular flexibility index (Phi) is 7.37. The largest absolute Gasteiger partial charge is 0.489 e. The lowest BCUT2D eigenvalue weighted by Crippen LogP contribution is -2.31. The minimum atomic E-state index is -0.277. The Bertz CT molecular complexity index is 824. The Hall–Kier alpha value is -2.47. The molecule has 0 spiro atoms. The number of hydrogen-bond donors (Lipinski definition) is 0. The van der Waals surface area contributed by atoms with Crippen LogP contribution in [0.3, 0.4) is 0 Å². The molecule has 0 atom stereocenters. The number of fused-ring (bicyclic) bond motifs is 1. The summed E-state index contributed by atoms with van der Waals surface area (Å²) in [7, 11) is 0. The van der Waals surface area contributed by atoms with Crippen LogP contribution in [0.4, 0.5) is 5.69 Å². The Balaban J connectivity index is 1.71. The number of unbranched alkanes of at least 4 members (excludes halogenated alkanes) is 2. The van der Waals surface area contributed by atoms with E-state index >= 15 is 0 Å². The minimum absolute atomic E-state index is 0.233. The molecule has 0 amide bonds. The Labute approximate surface area is 170 Å². The van der Waals surface area contributed by atoms with Crippen molar-refractivity contribution in [1.82, 2.24) is 0 Å². The fourth-order valence-electron chi connectivity index (χ4n) is 3.31. The van der Waals surface area contributed by atoms with Crippen molar-refractivity contribution in [2.24, 2.45) is 0 Å². The van der Waals surface area contributed by atoms with Crippen LogP contribution >= 0.6 is 11.8 Å². The van der Waals surface area contributed by atoms with Crippen LogP contribution in [0.1, 0.15) is 30.4 Å². The average Bonchev–Trinajstić information content (AvgIpc) is 2.72. The van der Waals surface area contributed by atoms with E-state index < -0.39 is 0 Å². The summed E-state index contributed by atoms with van der Waals surface area (Å²) in [6.45, 7) is 1.66. The van der Waals surface area contributed by atoms with Gasteiger partial charge in [0.05, 0.1) is 4.92 Å². The highest BCUT2D eigenvalue weighted by Crippen LogP contribution is 2.32. The lowest BCUT2D eigenvalue weighted by molar-refractivity contribution is -0.423. The first-order chi connectivity index (χ1) is 13.7. The normalized spacial score (nSPS) is 13.0. The van der Waals surface area contributed by atoms with Gasteiger partial charge < -0.3 is 9.64 Å². The van der Waals surface area contributed by atoms with E-state index in [4.69, 9.17) is 4.74 Å². The SMILES string of the molecule is CSCCCCCN1CC([N+](=O)[O-])=Cc2cc(OCc3ccccc3)ccc21. The van der Waals surface area contributed by atoms with Gasteiger partial charge in [-0.05, 0) is 48.6 Å². The van der Waals surface area contributed by atoms with Gasteiger partial charge in [-0.1, -0.05) is 36.8 Å². The molecule has 0 fully saturated rings. The fraction of sp³-hybridized carbons (Fsp3) is 0.364. The molecule has 6 heteroatoms. The zero-order valence-electron chi connectivity index (χ0n) is 16.2. The monoisotopic (exact) mass is 398 g/mol. The summed E-state index contributed by atoms with van der Waals surface area (Å²) in [5.74, 6) is 1.89. The highest BCUT2D eigenvalue weighted by atomic mass is 32.2. The molecule has 1 aliphatic heterocycles. The molecule has 1 aliphatic rings. The molecule has 3 rings (SSSR count). The smallest absolute Gasteiger partial charge is 0.266 e. The predicted octanol–water partition coefficient (Wildman–Crippen LogP) is 5.24. The molecule has 0 unspecified atom stereocenters. The van der Waals surface area contributed by atoms with Gasteiger partial charge in [0.25, 0.3) is 5.70 Å². The number of nitrogens with zero attached hydrogens (tertiary/aromatic N) is 2. The molecule has 0 aromatic heterocycles. The second-order valence-corrected chi connectivity index (χ2v) is 7.85. The first kappa shape index (κ1) is 20.3. The molecule has 0 saturated heterocycles. The second kappa shape index (κ2) is 10.2. The van der Waals surface area contributed by atoms with E-state index in [1.807, 2.05) is 60.3 Å². The maximum absolute atomic E-state index is 11.4. The molecule has 0 saturated carbocycles. The number of thioether (sulfide) groups is 1. The standard InChI is InChI=1S/C22H26N2O3S/c1-28-13-7-3-6-12-23-16-20(24(25)26)14-19-15-21(10-11-22(19)23)27-17-18-8-4-2-5-9-18/h2,4-5,8-11,14-15H,3,6-7,12-13,16-17H2,1H3. The Morgan fingerprint density at radius 3 is 2.71 bits per heavy atom. The lowest BCUT2D eigenvalue weighted by Gasteiger charge is -2.28. The molecule has 2 aromatic carbocycles. The van der Waals surface area contributed by atoms with Crippen molar-refractivity contribution < 1.29 is 9.66 Å². The third kappa shape index (κ3) is 5.52. The summed E-state index contributed by atoms with van der Waals surface area (Å²) in [4.78, 5) is 13.2. The first-order valence-electron chi connectivity index (χ1n) is 9.57. The molecule has 0 N–H and O–H groups in total. The third-order valence-electron chi connectivity index (χ3n) is 4.77. The van der Waals surface area contributed by atoms with Gasteiger partial charge >= 0.3 is 0 Å². The molecule has 148 valence electrons. The van der Waals surface area contributed by atoms with Gasteiger partial charge in [-0.15, -0.1) is 0 Å². The molecule has 0 aliphatic carbocycles. The summed E-state index contributed by atoms with van der Waals surface area (Å²) in [6.07, 6.45) is 7.16.